The third-order valence-electron chi connectivity index (χ3n) is 4.11. The summed E-state index contributed by atoms with van der Waals surface area (Å²) in [4.78, 5) is 14.0. The Kier molecular flexibility index (Phi) is 5.87. The van der Waals surface area contributed by atoms with Crippen LogP contribution in [0.25, 0.3) is 10.8 Å². The van der Waals surface area contributed by atoms with Crippen LogP contribution < -0.4 is 4.74 Å². The zero-order valence-corrected chi connectivity index (χ0v) is 15.1. The third-order valence-corrected chi connectivity index (χ3v) is 4.11. The van der Waals surface area contributed by atoms with E-state index in [0.29, 0.717) is 25.3 Å². The summed E-state index contributed by atoms with van der Waals surface area (Å²) in [7, 11) is 3.89. The lowest BCUT2D eigenvalue weighted by molar-refractivity contribution is 0.0482. The molecule has 3 aromatic rings. The number of carbonyl (C=O) groups excluding carboxylic acids is 1. The largest absolute Gasteiger partial charge is 0.488 e. The van der Waals surface area contributed by atoms with Crippen LogP contribution in [0.5, 0.6) is 5.75 Å². The minimum Gasteiger partial charge on any atom is -0.488 e. The minimum atomic E-state index is -0.298. The lowest BCUT2D eigenvalue weighted by Crippen LogP contribution is -2.20. The van der Waals surface area contributed by atoms with Crippen LogP contribution in [0, 0.1) is 0 Å². The van der Waals surface area contributed by atoms with Gasteiger partial charge in [-0.1, -0.05) is 48.5 Å². The van der Waals surface area contributed by atoms with Crippen LogP contribution in [0.3, 0.4) is 0 Å². The first kappa shape index (κ1) is 18.0. The highest BCUT2D eigenvalue weighted by atomic mass is 16.5. The number of likely N-dealkylation sites (N-methyl/N-ethyl adjacent to an activating group) is 1. The number of nitrogens with zero attached hydrogens (tertiary/aromatic N) is 1. The van der Waals surface area contributed by atoms with Crippen LogP contribution in [0.2, 0.25) is 0 Å². The molecule has 0 aliphatic rings. The van der Waals surface area contributed by atoms with E-state index in [9.17, 15) is 4.79 Å². The van der Waals surface area contributed by atoms with Crippen molar-refractivity contribution in [2.24, 2.45) is 0 Å². The average molecular weight is 349 g/mol. The van der Waals surface area contributed by atoms with E-state index < -0.39 is 0 Å². The molecule has 0 amide bonds. The number of hydrogen-bond acceptors (Lipinski definition) is 4. The predicted octanol–water partition coefficient (Wildman–Crippen LogP) is 4.14. The highest BCUT2D eigenvalue weighted by molar-refractivity contribution is 5.89. The van der Waals surface area contributed by atoms with Crippen molar-refractivity contribution >= 4 is 16.7 Å². The number of carbonyl (C=O) groups is 1. The van der Waals surface area contributed by atoms with Gasteiger partial charge >= 0.3 is 5.97 Å². The third kappa shape index (κ3) is 4.61. The van der Waals surface area contributed by atoms with E-state index in [0.717, 1.165) is 22.1 Å². The summed E-state index contributed by atoms with van der Waals surface area (Å²) in [5.74, 6) is 0.559. The highest BCUT2D eigenvalue weighted by Gasteiger charge is 2.08. The molecule has 4 nitrogen and oxygen atoms in total. The zero-order valence-electron chi connectivity index (χ0n) is 15.1. The Morgan fingerprint density at radius 1 is 0.923 bits per heavy atom. The van der Waals surface area contributed by atoms with Gasteiger partial charge in [-0.05, 0) is 43.2 Å². The van der Waals surface area contributed by atoms with Gasteiger partial charge in [0.05, 0.1) is 5.56 Å². The quantitative estimate of drug-likeness (QED) is 0.601. The van der Waals surface area contributed by atoms with Gasteiger partial charge in [-0.15, -0.1) is 0 Å². The van der Waals surface area contributed by atoms with Crippen LogP contribution >= 0.6 is 0 Å². The van der Waals surface area contributed by atoms with Crippen molar-refractivity contribution in [3.8, 4) is 5.75 Å². The Bertz CT molecular complexity index is 867. The molecule has 0 spiro atoms. The Balaban J connectivity index is 1.60. The molecule has 0 saturated heterocycles. The van der Waals surface area contributed by atoms with E-state index in [-0.39, 0.29) is 5.97 Å². The summed E-state index contributed by atoms with van der Waals surface area (Å²) < 4.78 is 11.2. The van der Waals surface area contributed by atoms with Crippen molar-refractivity contribution in [1.82, 2.24) is 4.90 Å². The van der Waals surface area contributed by atoms with Crippen LogP contribution in [0.15, 0.2) is 66.7 Å². The maximum Gasteiger partial charge on any atom is 0.338 e. The standard InChI is InChI=1S/C22H23NO3/c1-23(2)14-15-25-22(24)19-12-10-17(11-13-19)16-26-21-9-5-7-18-6-3-4-8-20(18)21/h3-13H,14-16H2,1-2H3. The van der Waals surface area contributed by atoms with Gasteiger partial charge in [-0.25, -0.2) is 4.79 Å². The summed E-state index contributed by atoms with van der Waals surface area (Å²) >= 11 is 0. The van der Waals surface area contributed by atoms with Crippen molar-refractivity contribution in [3.63, 3.8) is 0 Å². The predicted molar refractivity (Wildman–Crippen MR) is 104 cm³/mol. The minimum absolute atomic E-state index is 0.298. The fraction of sp³-hybridized carbons (Fsp3) is 0.227. The molecule has 3 rings (SSSR count). The van der Waals surface area contributed by atoms with Gasteiger partial charge in [0.2, 0.25) is 0 Å². The van der Waals surface area contributed by atoms with Gasteiger partial charge in [-0.3, -0.25) is 0 Å². The van der Waals surface area contributed by atoms with Gasteiger partial charge in [0.15, 0.2) is 0 Å². The normalized spacial score (nSPS) is 10.9. The maximum absolute atomic E-state index is 12.0. The van der Waals surface area contributed by atoms with Crippen LogP contribution in [-0.4, -0.2) is 38.1 Å². The second kappa shape index (κ2) is 8.50. The Morgan fingerprint density at radius 3 is 2.42 bits per heavy atom. The average Bonchev–Trinajstić information content (AvgIpc) is 2.66. The molecule has 0 aromatic heterocycles. The summed E-state index contributed by atoms with van der Waals surface area (Å²) in [5.41, 5.74) is 1.56. The fourth-order valence-electron chi connectivity index (χ4n) is 2.62. The van der Waals surface area contributed by atoms with Gasteiger partial charge < -0.3 is 14.4 Å². The molecule has 0 aliphatic carbocycles. The maximum atomic E-state index is 12.0. The zero-order chi connectivity index (χ0) is 18.4. The molecule has 0 unspecified atom stereocenters. The molecule has 0 bridgehead atoms. The Hall–Kier alpha value is -2.85. The second-order valence-electron chi connectivity index (χ2n) is 6.40. The molecular formula is C22H23NO3. The first-order valence-corrected chi connectivity index (χ1v) is 8.65. The second-order valence-corrected chi connectivity index (χ2v) is 6.40. The highest BCUT2D eigenvalue weighted by Crippen LogP contribution is 2.25. The number of rotatable bonds is 7. The van der Waals surface area contributed by atoms with E-state index in [2.05, 4.69) is 18.2 Å². The molecule has 0 saturated carbocycles. The van der Waals surface area contributed by atoms with Crippen molar-refractivity contribution < 1.29 is 14.3 Å². The molecule has 0 fully saturated rings. The molecule has 0 heterocycles. The Labute approximate surface area is 154 Å². The van der Waals surface area contributed by atoms with Crippen molar-refractivity contribution in [1.29, 1.82) is 0 Å². The van der Waals surface area contributed by atoms with Gasteiger partial charge in [0.1, 0.15) is 19.0 Å². The topological polar surface area (TPSA) is 38.8 Å². The van der Waals surface area contributed by atoms with E-state index in [4.69, 9.17) is 9.47 Å². The summed E-state index contributed by atoms with van der Waals surface area (Å²) in [6, 6.07) is 21.5. The van der Waals surface area contributed by atoms with E-state index in [1.54, 1.807) is 12.1 Å². The number of hydrogen-bond donors (Lipinski definition) is 0. The summed E-state index contributed by atoms with van der Waals surface area (Å²) in [6.45, 7) is 1.55. The van der Waals surface area contributed by atoms with Crippen LogP contribution in [0.1, 0.15) is 15.9 Å². The number of fused-ring (bicyclic) bond motifs is 1. The van der Waals surface area contributed by atoms with Gasteiger partial charge in [0.25, 0.3) is 0 Å². The molecule has 134 valence electrons. The smallest absolute Gasteiger partial charge is 0.338 e. The van der Waals surface area contributed by atoms with Gasteiger partial charge in [0, 0.05) is 11.9 Å². The molecular weight excluding hydrogens is 326 g/mol. The molecule has 4 heteroatoms. The SMILES string of the molecule is CN(C)CCOC(=O)c1ccc(COc2cccc3ccccc23)cc1. The molecule has 0 N–H and O–H groups in total. The Morgan fingerprint density at radius 2 is 1.65 bits per heavy atom. The number of ether oxygens (including phenoxy) is 2. The van der Waals surface area contributed by atoms with Gasteiger partial charge in [-0.2, -0.15) is 0 Å². The molecule has 0 radical (unpaired) electrons. The lowest BCUT2D eigenvalue weighted by atomic mass is 10.1. The first-order chi connectivity index (χ1) is 12.6. The summed E-state index contributed by atoms with van der Waals surface area (Å²) in [6.07, 6.45) is 0. The number of benzene rings is 3. The molecule has 0 aliphatic heterocycles. The monoisotopic (exact) mass is 349 g/mol. The summed E-state index contributed by atoms with van der Waals surface area (Å²) in [5, 5.41) is 2.25. The lowest BCUT2D eigenvalue weighted by Gasteiger charge is -2.11. The van der Waals surface area contributed by atoms with Crippen LogP contribution in [-0.2, 0) is 11.3 Å². The fourth-order valence-corrected chi connectivity index (χ4v) is 2.62. The van der Waals surface area contributed by atoms with E-state index >= 15 is 0 Å². The van der Waals surface area contributed by atoms with Crippen LogP contribution in [0.4, 0.5) is 0 Å². The first-order valence-electron chi connectivity index (χ1n) is 8.65. The molecule has 26 heavy (non-hydrogen) atoms. The van der Waals surface area contributed by atoms with E-state index in [1.807, 2.05) is 55.4 Å². The molecule has 0 atom stereocenters. The van der Waals surface area contributed by atoms with Crippen molar-refractivity contribution in [2.75, 3.05) is 27.2 Å². The van der Waals surface area contributed by atoms with E-state index in [1.165, 1.54) is 0 Å². The number of esters is 1. The van der Waals surface area contributed by atoms with Crippen molar-refractivity contribution in [2.45, 2.75) is 6.61 Å². The molecule has 3 aromatic carbocycles. The van der Waals surface area contributed by atoms with Crippen molar-refractivity contribution in [3.05, 3.63) is 77.9 Å².